The molecular weight excluding hydrogens is 240 g/mol. The third-order valence-electron chi connectivity index (χ3n) is 3.62. The molecule has 2 rings (SSSR count). The van der Waals surface area contributed by atoms with Crippen LogP contribution < -0.4 is 10.6 Å². The van der Waals surface area contributed by atoms with Crippen LogP contribution in [0.1, 0.15) is 18.9 Å². The summed E-state index contributed by atoms with van der Waals surface area (Å²) in [7, 11) is 1.88. The average Bonchev–Trinajstić information content (AvgIpc) is 2.54. The van der Waals surface area contributed by atoms with Gasteiger partial charge in [-0.05, 0) is 32.0 Å². The molecule has 5 heteroatoms. The first-order valence-corrected chi connectivity index (χ1v) is 6.79. The molecule has 1 aromatic heterocycles. The number of hydrogen-bond donors (Lipinski definition) is 2. The molecule has 0 bridgehead atoms. The van der Waals surface area contributed by atoms with Gasteiger partial charge in [-0.2, -0.15) is 0 Å². The largest absolute Gasteiger partial charge is 0.355 e. The lowest BCUT2D eigenvalue weighted by atomic mass is 10.1. The lowest BCUT2D eigenvalue weighted by molar-refractivity contribution is -0.126. The maximum atomic E-state index is 12.1. The van der Waals surface area contributed by atoms with Gasteiger partial charge in [0.25, 0.3) is 0 Å². The molecule has 2 atom stereocenters. The summed E-state index contributed by atoms with van der Waals surface area (Å²) in [6, 6.07) is 4.24. The first kappa shape index (κ1) is 14.0. The molecule has 0 saturated carbocycles. The molecule has 1 aliphatic rings. The van der Waals surface area contributed by atoms with Gasteiger partial charge >= 0.3 is 0 Å². The zero-order valence-corrected chi connectivity index (χ0v) is 11.6. The van der Waals surface area contributed by atoms with Gasteiger partial charge in [0.15, 0.2) is 0 Å². The van der Waals surface area contributed by atoms with Gasteiger partial charge in [-0.1, -0.05) is 6.07 Å². The molecule has 1 aromatic rings. The van der Waals surface area contributed by atoms with E-state index in [2.05, 4.69) is 33.5 Å². The third kappa shape index (κ3) is 3.52. The van der Waals surface area contributed by atoms with E-state index in [4.69, 9.17) is 0 Å². The first-order valence-electron chi connectivity index (χ1n) is 6.79. The summed E-state index contributed by atoms with van der Waals surface area (Å²) in [6.45, 7) is 4.36. The number of likely N-dealkylation sites (N-methyl/N-ethyl adjacent to an activating group) is 1. The molecule has 2 heterocycles. The zero-order valence-electron chi connectivity index (χ0n) is 11.6. The van der Waals surface area contributed by atoms with Crippen LogP contribution in [0.15, 0.2) is 24.5 Å². The van der Waals surface area contributed by atoms with Crippen LogP contribution in [-0.2, 0) is 11.3 Å². The molecule has 0 aromatic carbocycles. The Bertz CT molecular complexity index is 409. The van der Waals surface area contributed by atoms with E-state index in [1.807, 2.05) is 19.3 Å². The first-order chi connectivity index (χ1) is 9.22. The minimum absolute atomic E-state index is 0.114. The van der Waals surface area contributed by atoms with Crippen molar-refractivity contribution in [2.24, 2.45) is 0 Å². The summed E-state index contributed by atoms with van der Waals surface area (Å²) in [5.41, 5.74) is 1.14. The van der Waals surface area contributed by atoms with Crippen LogP contribution in [0.2, 0.25) is 0 Å². The predicted molar refractivity (Wildman–Crippen MR) is 74.6 cm³/mol. The van der Waals surface area contributed by atoms with Crippen LogP contribution in [0.4, 0.5) is 0 Å². The quantitative estimate of drug-likeness (QED) is 0.823. The second-order valence-corrected chi connectivity index (χ2v) is 5.04. The highest BCUT2D eigenvalue weighted by atomic mass is 16.2. The fraction of sp³-hybridized carbons (Fsp3) is 0.571. The van der Waals surface area contributed by atoms with Crippen LogP contribution in [0.3, 0.4) is 0 Å². The van der Waals surface area contributed by atoms with E-state index >= 15 is 0 Å². The van der Waals surface area contributed by atoms with Gasteiger partial charge in [0.2, 0.25) is 5.91 Å². The number of aromatic nitrogens is 1. The molecule has 104 valence electrons. The molecule has 19 heavy (non-hydrogen) atoms. The molecule has 0 aliphatic carbocycles. The van der Waals surface area contributed by atoms with Gasteiger partial charge in [-0.3, -0.25) is 14.7 Å². The fourth-order valence-corrected chi connectivity index (χ4v) is 2.52. The number of pyridine rings is 1. The van der Waals surface area contributed by atoms with E-state index < -0.39 is 0 Å². The highest BCUT2D eigenvalue weighted by molar-refractivity contribution is 5.82. The van der Waals surface area contributed by atoms with Crippen LogP contribution in [0.5, 0.6) is 0 Å². The van der Waals surface area contributed by atoms with E-state index in [-0.39, 0.29) is 11.9 Å². The zero-order chi connectivity index (χ0) is 13.7. The maximum absolute atomic E-state index is 12.1. The second kappa shape index (κ2) is 6.63. The monoisotopic (exact) mass is 262 g/mol. The van der Waals surface area contributed by atoms with E-state index in [0.29, 0.717) is 12.6 Å². The highest BCUT2D eigenvalue weighted by Crippen LogP contribution is 2.16. The van der Waals surface area contributed by atoms with E-state index in [1.54, 1.807) is 6.20 Å². The maximum Gasteiger partial charge on any atom is 0.238 e. The Balaban J connectivity index is 2.17. The van der Waals surface area contributed by atoms with Crippen LogP contribution in [-0.4, -0.2) is 48.0 Å². The summed E-state index contributed by atoms with van der Waals surface area (Å²) >= 11 is 0. The van der Waals surface area contributed by atoms with E-state index in [9.17, 15) is 4.79 Å². The van der Waals surface area contributed by atoms with Crippen molar-refractivity contribution >= 4 is 5.91 Å². The average molecular weight is 262 g/mol. The number of nitrogens with one attached hydrogen (secondary N) is 2. The Morgan fingerprint density at radius 2 is 2.42 bits per heavy atom. The molecule has 2 N–H and O–H groups in total. The Kier molecular flexibility index (Phi) is 4.87. The Labute approximate surface area is 114 Å². The van der Waals surface area contributed by atoms with Crippen molar-refractivity contribution in [2.75, 3.05) is 20.1 Å². The number of nitrogens with zero attached hydrogens (tertiary/aromatic N) is 2. The topological polar surface area (TPSA) is 57.3 Å². The van der Waals surface area contributed by atoms with E-state index in [0.717, 1.165) is 25.1 Å². The van der Waals surface area contributed by atoms with Crippen LogP contribution in [0.25, 0.3) is 0 Å². The molecule has 2 unspecified atom stereocenters. The van der Waals surface area contributed by atoms with Crippen molar-refractivity contribution < 1.29 is 4.79 Å². The van der Waals surface area contributed by atoms with Gasteiger partial charge < -0.3 is 10.6 Å². The molecule has 1 amide bonds. The molecular formula is C14H22N4O. The number of carbonyl (C=O) groups is 1. The van der Waals surface area contributed by atoms with Gasteiger partial charge in [-0.15, -0.1) is 0 Å². The number of carbonyl (C=O) groups excluding carboxylic acids is 1. The summed E-state index contributed by atoms with van der Waals surface area (Å²) in [5.74, 6) is 0.114. The SMILES string of the molecule is CNCC1C(=O)NCCC(C)N1Cc1cccnc1. The standard InChI is InChI=1S/C14H22N4O/c1-11-5-7-17-14(19)13(9-15-2)18(11)10-12-4-3-6-16-8-12/h3-4,6,8,11,13,15H,5,7,9-10H2,1-2H3,(H,17,19). The van der Waals surface area contributed by atoms with Crippen molar-refractivity contribution in [1.29, 1.82) is 0 Å². The number of amides is 1. The summed E-state index contributed by atoms with van der Waals surface area (Å²) in [4.78, 5) is 18.5. The molecule has 1 fully saturated rings. The smallest absolute Gasteiger partial charge is 0.238 e. The van der Waals surface area contributed by atoms with Crippen molar-refractivity contribution in [1.82, 2.24) is 20.5 Å². The minimum Gasteiger partial charge on any atom is -0.355 e. The highest BCUT2D eigenvalue weighted by Gasteiger charge is 2.31. The summed E-state index contributed by atoms with van der Waals surface area (Å²) < 4.78 is 0. The normalized spacial score (nSPS) is 24.8. The van der Waals surface area contributed by atoms with Crippen molar-refractivity contribution in [2.45, 2.75) is 32.0 Å². The Hall–Kier alpha value is -1.46. The second-order valence-electron chi connectivity index (χ2n) is 5.04. The number of rotatable bonds is 4. The summed E-state index contributed by atoms with van der Waals surface area (Å²) in [6.07, 6.45) is 4.62. The van der Waals surface area contributed by atoms with Gasteiger partial charge in [-0.25, -0.2) is 0 Å². The van der Waals surface area contributed by atoms with Gasteiger partial charge in [0.1, 0.15) is 6.04 Å². The molecule has 1 aliphatic heterocycles. The third-order valence-corrected chi connectivity index (χ3v) is 3.62. The molecule has 5 nitrogen and oxygen atoms in total. The Morgan fingerprint density at radius 3 is 3.11 bits per heavy atom. The van der Waals surface area contributed by atoms with Gasteiger partial charge in [0.05, 0.1) is 0 Å². The van der Waals surface area contributed by atoms with Crippen molar-refractivity contribution in [3.05, 3.63) is 30.1 Å². The van der Waals surface area contributed by atoms with Gasteiger partial charge in [0, 0.05) is 38.1 Å². The lowest BCUT2D eigenvalue weighted by Gasteiger charge is -2.32. The lowest BCUT2D eigenvalue weighted by Crippen LogP contribution is -2.51. The fourth-order valence-electron chi connectivity index (χ4n) is 2.52. The summed E-state index contributed by atoms with van der Waals surface area (Å²) in [5, 5.41) is 6.10. The Morgan fingerprint density at radius 1 is 1.58 bits per heavy atom. The number of hydrogen-bond acceptors (Lipinski definition) is 4. The van der Waals surface area contributed by atoms with Crippen LogP contribution >= 0.6 is 0 Å². The van der Waals surface area contributed by atoms with Crippen molar-refractivity contribution in [3.8, 4) is 0 Å². The minimum atomic E-state index is -0.122. The van der Waals surface area contributed by atoms with Crippen LogP contribution in [0, 0.1) is 0 Å². The molecule has 0 spiro atoms. The molecule has 1 saturated heterocycles. The molecule has 0 radical (unpaired) electrons. The predicted octanol–water partition coefficient (Wildman–Crippen LogP) is 0.380. The van der Waals surface area contributed by atoms with E-state index in [1.165, 1.54) is 0 Å². The van der Waals surface area contributed by atoms with Crippen molar-refractivity contribution in [3.63, 3.8) is 0 Å².